The number of esters is 2. The van der Waals surface area contributed by atoms with Crippen LogP contribution in [0.15, 0.2) is 84.9 Å². The highest BCUT2D eigenvalue weighted by atomic mass is 16.7. The Kier molecular flexibility index (Phi) is 14.6. The van der Waals surface area contributed by atoms with E-state index in [-0.39, 0.29) is 25.4 Å². The molecule has 0 N–H and O–H groups in total. The van der Waals surface area contributed by atoms with Crippen LogP contribution in [0.1, 0.15) is 37.0 Å². The van der Waals surface area contributed by atoms with Crippen LogP contribution in [0.2, 0.25) is 0 Å². The maximum Gasteiger partial charge on any atom is 0.343 e. The van der Waals surface area contributed by atoms with Crippen LogP contribution in [0.25, 0.3) is 0 Å². The number of hydrogen-bond donors (Lipinski definition) is 0. The minimum Gasteiger partial charge on any atom is -0.494 e. The van der Waals surface area contributed by atoms with Crippen LogP contribution < -0.4 is 23.7 Å². The summed E-state index contributed by atoms with van der Waals surface area (Å²) in [6.45, 7) is 12.0. The lowest BCUT2D eigenvalue weighted by Gasteiger charge is -2.37. The molecule has 0 aromatic heterocycles. The van der Waals surface area contributed by atoms with E-state index in [1.807, 2.05) is 24.3 Å². The largest absolute Gasteiger partial charge is 0.494 e. The average Bonchev–Trinajstić information content (AvgIpc) is 3.08. The fourth-order valence-electron chi connectivity index (χ4n) is 4.24. The molecule has 3 aromatic carbocycles. The summed E-state index contributed by atoms with van der Waals surface area (Å²) in [6, 6.07) is 20.6. The molecule has 0 amide bonds. The van der Waals surface area contributed by atoms with Crippen LogP contribution in [-0.4, -0.2) is 78.2 Å². The summed E-state index contributed by atoms with van der Waals surface area (Å²) in [7, 11) is 0. The van der Waals surface area contributed by atoms with Crippen molar-refractivity contribution in [3.05, 3.63) is 90.5 Å². The quantitative estimate of drug-likeness (QED) is 0.0411. The smallest absolute Gasteiger partial charge is 0.343 e. The maximum absolute atomic E-state index is 12.6. The molecule has 1 fully saturated rings. The number of carbonyl (C=O) groups excluding carboxylic acids is 2. The molecular weight excluding hydrogens is 620 g/mol. The van der Waals surface area contributed by atoms with Crippen LogP contribution >= 0.6 is 0 Å². The van der Waals surface area contributed by atoms with Gasteiger partial charge in [-0.15, -0.1) is 0 Å². The van der Waals surface area contributed by atoms with Crippen molar-refractivity contribution in [3.63, 3.8) is 0 Å². The van der Waals surface area contributed by atoms with Crippen molar-refractivity contribution in [2.45, 2.75) is 26.7 Å². The first kappa shape index (κ1) is 36.3. The Labute approximate surface area is 281 Å². The van der Waals surface area contributed by atoms with Crippen molar-refractivity contribution >= 4 is 11.9 Å². The van der Waals surface area contributed by atoms with E-state index in [2.05, 4.69) is 13.5 Å². The molecule has 1 aliphatic heterocycles. The molecule has 258 valence electrons. The second kappa shape index (κ2) is 19.3. The van der Waals surface area contributed by atoms with Gasteiger partial charge in [0.15, 0.2) is 0 Å². The Morgan fingerprint density at radius 3 is 1.77 bits per heavy atom. The van der Waals surface area contributed by atoms with Crippen LogP contribution in [-0.2, 0) is 23.7 Å². The predicted octanol–water partition coefficient (Wildman–Crippen LogP) is 6.05. The maximum atomic E-state index is 12.6. The van der Waals surface area contributed by atoms with Gasteiger partial charge in [0.1, 0.15) is 42.0 Å². The Hall–Kier alpha value is -4.58. The number of benzene rings is 3. The van der Waals surface area contributed by atoms with E-state index in [4.69, 9.17) is 42.6 Å². The lowest BCUT2D eigenvalue weighted by Crippen LogP contribution is -2.43. The molecule has 3 aromatic rings. The molecule has 1 saturated heterocycles. The van der Waals surface area contributed by atoms with Crippen LogP contribution in [0.3, 0.4) is 0 Å². The Balaban J connectivity index is 1.05. The Morgan fingerprint density at radius 2 is 1.19 bits per heavy atom. The third kappa shape index (κ3) is 12.9. The summed E-state index contributed by atoms with van der Waals surface area (Å²) in [5.74, 6) is 2.00. The highest BCUT2D eigenvalue weighted by molar-refractivity contribution is 5.91. The second-order valence-electron chi connectivity index (χ2n) is 11.6. The van der Waals surface area contributed by atoms with Crippen molar-refractivity contribution in [3.8, 4) is 28.7 Å². The number of rotatable bonds is 22. The molecule has 11 heteroatoms. The second-order valence-corrected chi connectivity index (χ2v) is 11.6. The van der Waals surface area contributed by atoms with Gasteiger partial charge in [-0.05, 0) is 92.6 Å². The van der Waals surface area contributed by atoms with Gasteiger partial charge in [0.25, 0.3) is 0 Å². The molecule has 11 nitrogen and oxygen atoms in total. The molecule has 1 heterocycles. The number of unbranched alkanes of at least 4 members (excludes halogenated alkanes) is 1. The number of ether oxygens (including phenoxy) is 9. The third-order valence-electron chi connectivity index (χ3n) is 7.01. The summed E-state index contributed by atoms with van der Waals surface area (Å²) in [4.78, 5) is 23.9. The molecule has 0 unspecified atom stereocenters. The van der Waals surface area contributed by atoms with E-state index in [1.54, 1.807) is 55.5 Å². The van der Waals surface area contributed by atoms with E-state index in [0.717, 1.165) is 45.0 Å². The van der Waals surface area contributed by atoms with Crippen molar-refractivity contribution in [1.82, 2.24) is 0 Å². The molecule has 0 saturated carbocycles. The molecule has 48 heavy (non-hydrogen) atoms. The van der Waals surface area contributed by atoms with E-state index in [0.29, 0.717) is 54.0 Å². The normalized spacial score (nSPS) is 13.1. The first-order valence-electron chi connectivity index (χ1n) is 15.9. The lowest BCUT2D eigenvalue weighted by molar-refractivity contribution is -0.140. The molecule has 0 atom stereocenters. The minimum atomic E-state index is -0.503. The van der Waals surface area contributed by atoms with Crippen LogP contribution in [0.4, 0.5) is 0 Å². The minimum absolute atomic E-state index is 0.00985. The topological polar surface area (TPSA) is 117 Å². The van der Waals surface area contributed by atoms with Crippen LogP contribution in [0, 0.1) is 5.41 Å². The van der Waals surface area contributed by atoms with Gasteiger partial charge in [-0.25, -0.2) is 9.59 Å². The first-order valence-corrected chi connectivity index (χ1v) is 15.9. The average molecular weight is 665 g/mol. The highest BCUT2D eigenvalue weighted by Gasteiger charge is 2.33. The molecule has 4 rings (SSSR count). The summed E-state index contributed by atoms with van der Waals surface area (Å²) in [5, 5.41) is 0. The van der Waals surface area contributed by atoms with Crippen molar-refractivity contribution in [2.24, 2.45) is 5.41 Å². The first-order chi connectivity index (χ1) is 23.3. The van der Waals surface area contributed by atoms with Gasteiger partial charge in [-0.3, -0.25) is 0 Å². The zero-order chi connectivity index (χ0) is 34.0. The van der Waals surface area contributed by atoms with Gasteiger partial charge >= 0.3 is 11.9 Å². The molecular formula is C37H44O11. The summed E-state index contributed by atoms with van der Waals surface area (Å²) < 4.78 is 49.5. The van der Waals surface area contributed by atoms with Gasteiger partial charge in [-0.2, -0.15) is 0 Å². The monoisotopic (exact) mass is 664 g/mol. The Bertz CT molecular complexity index is 1420. The molecule has 0 radical (unpaired) electrons. The molecule has 0 aliphatic carbocycles. The fourth-order valence-corrected chi connectivity index (χ4v) is 4.24. The van der Waals surface area contributed by atoms with Crippen molar-refractivity contribution < 1.29 is 52.2 Å². The molecule has 0 spiro atoms. The van der Waals surface area contributed by atoms with Crippen LogP contribution in [0.5, 0.6) is 28.7 Å². The summed E-state index contributed by atoms with van der Waals surface area (Å²) in [6.07, 6.45) is 1.86. The van der Waals surface area contributed by atoms with Gasteiger partial charge in [0, 0.05) is 17.6 Å². The van der Waals surface area contributed by atoms with Gasteiger partial charge in [0.2, 0.25) is 6.79 Å². The zero-order valence-electron chi connectivity index (χ0n) is 27.6. The van der Waals surface area contributed by atoms with E-state index in [1.165, 1.54) is 0 Å². The molecule has 1 aliphatic rings. The predicted molar refractivity (Wildman–Crippen MR) is 177 cm³/mol. The van der Waals surface area contributed by atoms with E-state index in [9.17, 15) is 9.59 Å². The summed E-state index contributed by atoms with van der Waals surface area (Å²) >= 11 is 0. The SMILES string of the molecule is C=C(C)C(=O)OCCOCCOc1ccc(C(=O)Oc2ccc(OCOc3ccc(OCCCCOCC4(C)COC4)cc3)cc2)cc1. The van der Waals surface area contributed by atoms with Crippen molar-refractivity contribution in [1.29, 1.82) is 0 Å². The number of hydrogen-bond acceptors (Lipinski definition) is 11. The molecule has 0 bridgehead atoms. The van der Waals surface area contributed by atoms with Gasteiger partial charge < -0.3 is 42.6 Å². The van der Waals surface area contributed by atoms with Gasteiger partial charge in [0.05, 0.1) is 45.2 Å². The standard InChI is InChI=1S/C37H44O11/c1-28(2)35(38)45-23-21-40-20-22-44-30-8-6-29(7-9-30)36(39)48-34-16-14-33(15-17-34)47-27-46-32-12-10-31(11-13-32)43-19-5-4-18-41-24-37(3)25-42-26-37/h6-17H,1,4-5,18-27H2,2-3H3. The number of carbonyl (C=O) groups is 2. The van der Waals surface area contributed by atoms with Crippen molar-refractivity contribution in [2.75, 3.05) is 66.3 Å². The fraction of sp³-hybridized carbons (Fsp3) is 0.405. The zero-order valence-corrected chi connectivity index (χ0v) is 27.6. The van der Waals surface area contributed by atoms with E-state index < -0.39 is 11.9 Å². The van der Waals surface area contributed by atoms with Gasteiger partial charge in [-0.1, -0.05) is 13.5 Å². The summed E-state index contributed by atoms with van der Waals surface area (Å²) in [5.41, 5.74) is 0.902. The van der Waals surface area contributed by atoms with E-state index >= 15 is 0 Å². The third-order valence-corrected chi connectivity index (χ3v) is 7.01. The Morgan fingerprint density at radius 1 is 0.667 bits per heavy atom. The lowest BCUT2D eigenvalue weighted by atomic mass is 9.90. The highest BCUT2D eigenvalue weighted by Crippen LogP contribution is 2.26.